The van der Waals surface area contributed by atoms with E-state index < -0.39 is 0 Å². The lowest BCUT2D eigenvalue weighted by atomic mass is 9.74. The summed E-state index contributed by atoms with van der Waals surface area (Å²) in [6, 6.07) is 10.9. The molecule has 0 aliphatic heterocycles. The second kappa shape index (κ2) is 3.97. The van der Waals surface area contributed by atoms with Gasteiger partial charge in [0.2, 0.25) is 0 Å². The van der Waals surface area contributed by atoms with Gasteiger partial charge >= 0.3 is 0 Å². The molecule has 0 saturated carbocycles. The fourth-order valence-electron chi connectivity index (χ4n) is 2.84. The predicted octanol–water partition coefficient (Wildman–Crippen LogP) is 3.60. The standard InChI is InChI=1S/C15H17NS/c1-11-9-13(10-17-11)15(16)8-4-6-12-5-2-3-7-14(12)15/h2-3,5,7,9-10H,4,6,8,16H2,1H3. The average molecular weight is 243 g/mol. The molecular formula is C15H17NS. The number of fused-ring (bicyclic) bond motifs is 1. The van der Waals surface area contributed by atoms with E-state index in [1.807, 2.05) is 0 Å². The number of benzene rings is 1. The van der Waals surface area contributed by atoms with Gasteiger partial charge in [0, 0.05) is 4.88 Å². The Kier molecular flexibility index (Phi) is 2.57. The summed E-state index contributed by atoms with van der Waals surface area (Å²) < 4.78 is 0. The summed E-state index contributed by atoms with van der Waals surface area (Å²) in [5.41, 5.74) is 10.5. The normalized spacial score (nSPS) is 23.4. The Balaban J connectivity index is 2.15. The molecule has 0 fully saturated rings. The Morgan fingerprint density at radius 1 is 1.29 bits per heavy atom. The van der Waals surface area contributed by atoms with Crippen molar-refractivity contribution in [2.75, 3.05) is 0 Å². The maximum atomic E-state index is 6.71. The Hall–Kier alpha value is -1.12. The van der Waals surface area contributed by atoms with Crippen molar-refractivity contribution in [2.45, 2.75) is 31.7 Å². The number of thiophene rings is 1. The highest BCUT2D eigenvalue weighted by Gasteiger charge is 2.34. The summed E-state index contributed by atoms with van der Waals surface area (Å²) in [4.78, 5) is 1.34. The molecular weight excluding hydrogens is 226 g/mol. The van der Waals surface area contributed by atoms with Crippen LogP contribution < -0.4 is 5.73 Å². The van der Waals surface area contributed by atoms with Gasteiger partial charge in [0.05, 0.1) is 5.54 Å². The predicted molar refractivity (Wildman–Crippen MR) is 73.4 cm³/mol. The van der Waals surface area contributed by atoms with Gasteiger partial charge in [-0.05, 0) is 54.3 Å². The smallest absolute Gasteiger partial charge is 0.0676 e. The fraction of sp³-hybridized carbons (Fsp3) is 0.333. The number of aryl methyl sites for hydroxylation is 2. The van der Waals surface area contributed by atoms with Gasteiger partial charge in [0.25, 0.3) is 0 Å². The zero-order chi connectivity index (χ0) is 11.9. The van der Waals surface area contributed by atoms with Crippen LogP contribution in [0.25, 0.3) is 0 Å². The van der Waals surface area contributed by atoms with Crippen LogP contribution >= 0.6 is 11.3 Å². The molecule has 1 aliphatic rings. The van der Waals surface area contributed by atoms with Crippen LogP contribution in [0, 0.1) is 6.92 Å². The summed E-state index contributed by atoms with van der Waals surface area (Å²) in [7, 11) is 0. The molecule has 1 aromatic heterocycles. The van der Waals surface area contributed by atoms with E-state index in [9.17, 15) is 0 Å². The maximum absolute atomic E-state index is 6.71. The summed E-state index contributed by atoms with van der Waals surface area (Å²) in [6.45, 7) is 2.15. The molecule has 3 rings (SSSR count). The van der Waals surface area contributed by atoms with E-state index in [0.717, 1.165) is 12.8 Å². The first kappa shape index (κ1) is 11.0. The fourth-order valence-corrected chi connectivity index (χ4v) is 3.63. The highest BCUT2D eigenvalue weighted by Crippen LogP contribution is 2.39. The number of rotatable bonds is 1. The van der Waals surface area contributed by atoms with Crippen molar-refractivity contribution < 1.29 is 0 Å². The highest BCUT2D eigenvalue weighted by molar-refractivity contribution is 7.10. The molecule has 1 aromatic carbocycles. The van der Waals surface area contributed by atoms with Crippen molar-refractivity contribution in [1.29, 1.82) is 0 Å². The van der Waals surface area contributed by atoms with Crippen molar-refractivity contribution in [1.82, 2.24) is 0 Å². The third-order valence-electron chi connectivity index (χ3n) is 3.76. The Labute approximate surface area is 106 Å². The molecule has 2 heteroatoms. The molecule has 2 N–H and O–H groups in total. The summed E-state index contributed by atoms with van der Waals surface area (Å²) in [6.07, 6.45) is 3.40. The van der Waals surface area contributed by atoms with E-state index in [-0.39, 0.29) is 5.54 Å². The van der Waals surface area contributed by atoms with E-state index in [1.165, 1.54) is 28.0 Å². The quantitative estimate of drug-likeness (QED) is 0.813. The topological polar surface area (TPSA) is 26.0 Å². The minimum atomic E-state index is -0.264. The Morgan fingerprint density at radius 2 is 2.12 bits per heavy atom. The van der Waals surface area contributed by atoms with E-state index in [0.29, 0.717) is 0 Å². The molecule has 0 amide bonds. The van der Waals surface area contributed by atoms with Gasteiger partial charge in [-0.15, -0.1) is 11.3 Å². The zero-order valence-corrected chi connectivity index (χ0v) is 10.9. The van der Waals surface area contributed by atoms with E-state index in [4.69, 9.17) is 5.73 Å². The van der Waals surface area contributed by atoms with Gasteiger partial charge in [-0.25, -0.2) is 0 Å². The molecule has 0 saturated heterocycles. The van der Waals surface area contributed by atoms with Gasteiger partial charge in [0.15, 0.2) is 0 Å². The molecule has 1 aliphatic carbocycles. The summed E-state index contributed by atoms with van der Waals surface area (Å²) in [5.74, 6) is 0. The van der Waals surface area contributed by atoms with E-state index in [1.54, 1.807) is 11.3 Å². The largest absolute Gasteiger partial charge is 0.318 e. The number of hydrogen-bond acceptors (Lipinski definition) is 2. The van der Waals surface area contributed by atoms with Crippen molar-refractivity contribution >= 4 is 11.3 Å². The minimum Gasteiger partial charge on any atom is -0.318 e. The van der Waals surface area contributed by atoms with E-state index in [2.05, 4.69) is 42.6 Å². The molecule has 0 bridgehead atoms. The molecule has 1 unspecified atom stereocenters. The van der Waals surface area contributed by atoms with Crippen LogP contribution in [-0.2, 0) is 12.0 Å². The Morgan fingerprint density at radius 3 is 2.88 bits per heavy atom. The van der Waals surface area contributed by atoms with Crippen LogP contribution in [0.15, 0.2) is 35.7 Å². The lowest BCUT2D eigenvalue weighted by Crippen LogP contribution is -2.40. The van der Waals surface area contributed by atoms with Crippen molar-refractivity contribution in [3.05, 3.63) is 57.3 Å². The van der Waals surface area contributed by atoms with Gasteiger partial charge in [0.1, 0.15) is 0 Å². The zero-order valence-electron chi connectivity index (χ0n) is 10.1. The summed E-state index contributed by atoms with van der Waals surface area (Å²) in [5, 5.41) is 2.22. The highest BCUT2D eigenvalue weighted by atomic mass is 32.1. The SMILES string of the molecule is Cc1cc(C2(N)CCCc3ccccc32)cs1. The molecule has 1 nitrogen and oxygen atoms in total. The first-order chi connectivity index (χ1) is 8.20. The van der Waals surface area contributed by atoms with Crippen molar-refractivity contribution in [2.24, 2.45) is 5.73 Å². The van der Waals surface area contributed by atoms with Crippen molar-refractivity contribution in [3.63, 3.8) is 0 Å². The average Bonchev–Trinajstić information content (AvgIpc) is 2.77. The molecule has 1 heterocycles. The van der Waals surface area contributed by atoms with Crippen LogP contribution in [0.4, 0.5) is 0 Å². The third kappa shape index (κ3) is 1.72. The summed E-state index contributed by atoms with van der Waals surface area (Å²) >= 11 is 1.79. The number of hydrogen-bond donors (Lipinski definition) is 1. The molecule has 1 atom stereocenters. The van der Waals surface area contributed by atoms with Gasteiger partial charge in [-0.2, -0.15) is 0 Å². The Bertz CT molecular complexity index is 543. The lowest BCUT2D eigenvalue weighted by molar-refractivity contribution is 0.444. The van der Waals surface area contributed by atoms with Crippen LogP contribution in [0.3, 0.4) is 0 Å². The molecule has 17 heavy (non-hydrogen) atoms. The first-order valence-corrected chi connectivity index (χ1v) is 7.01. The third-order valence-corrected chi connectivity index (χ3v) is 4.62. The molecule has 0 radical (unpaired) electrons. The van der Waals surface area contributed by atoms with E-state index >= 15 is 0 Å². The molecule has 2 aromatic rings. The lowest BCUT2D eigenvalue weighted by Gasteiger charge is -2.35. The number of nitrogens with two attached hydrogens (primary N) is 1. The van der Waals surface area contributed by atoms with Crippen molar-refractivity contribution in [3.8, 4) is 0 Å². The van der Waals surface area contributed by atoms with Gasteiger partial charge < -0.3 is 5.73 Å². The molecule has 88 valence electrons. The second-order valence-corrected chi connectivity index (χ2v) is 6.04. The minimum absolute atomic E-state index is 0.264. The first-order valence-electron chi connectivity index (χ1n) is 6.13. The molecule has 0 spiro atoms. The second-order valence-electron chi connectivity index (χ2n) is 4.93. The van der Waals surface area contributed by atoms with Crippen LogP contribution in [-0.4, -0.2) is 0 Å². The monoisotopic (exact) mass is 243 g/mol. The van der Waals surface area contributed by atoms with Gasteiger partial charge in [-0.1, -0.05) is 24.3 Å². The van der Waals surface area contributed by atoms with Gasteiger partial charge in [-0.3, -0.25) is 0 Å². The van der Waals surface area contributed by atoms with Crippen LogP contribution in [0.2, 0.25) is 0 Å². The van der Waals surface area contributed by atoms with Crippen LogP contribution in [0.5, 0.6) is 0 Å². The van der Waals surface area contributed by atoms with Crippen LogP contribution in [0.1, 0.15) is 34.4 Å². The maximum Gasteiger partial charge on any atom is 0.0676 e.